The fourth-order valence-corrected chi connectivity index (χ4v) is 1.66. The van der Waals surface area contributed by atoms with Gasteiger partial charge in [-0.3, -0.25) is 0 Å². The van der Waals surface area contributed by atoms with Gasteiger partial charge in [0.1, 0.15) is 0 Å². The van der Waals surface area contributed by atoms with Gasteiger partial charge in [-0.25, -0.2) is 0 Å². The van der Waals surface area contributed by atoms with Gasteiger partial charge < -0.3 is 0 Å². The molecule has 0 atom stereocenters. The van der Waals surface area contributed by atoms with E-state index in [4.69, 9.17) is 0 Å². The molecule has 0 saturated carbocycles. The predicted octanol–water partition coefficient (Wildman–Crippen LogP) is 4.29. The van der Waals surface area contributed by atoms with Crippen LogP contribution in [0.25, 0.3) is 11.3 Å². The molecular formula is C14H13F3N2. The van der Waals surface area contributed by atoms with E-state index >= 15 is 0 Å². The standard InChI is InChI=1S/C14H13F3N2/c1-9(2)12-6-7-13(19-18-12)10-4-3-5-11(8-10)14(15,16)17/h3-9H,1-2H3. The molecule has 100 valence electrons. The van der Waals surface area contributed by atoms with Gasteiger partial charge in [0.15, 0.2) is 0 Å². The topological polar surface area (TPSA) is 25.8 Å². The number of benzene rings is 1. The number of nitrogens with zero attached hydrogens (tertiary/aromatic N) is 2. The number of hydrogen-bond donors (Lipinski definition) is 0. The predicted molar refractivity (Wildman–Crippen MR) is 66.6 cm³/mol. The Hall–Kier alpha value is -1.91. The van der Waals surface area contributed by atoms with E-state index in [9.17, 15) is 13.2 Å². The van der Waals surface area contributed by atoms with Crippen LogP contribution in [0.5, 0.6) is 0 Å². The van der Waals surface area contributed by atoms with Gasteiger partial charge in [0, 0.05) is 5.56 Å². The molecular weight excluding hydrogens is 253 g/mol. The monoisotopic (exact) mass is 266 g/mol. The van der Waals surface area contributed by atoms with Crippen molar-refractivity contribution in [3.63, 3.8) is 0 Å². The highest BCUT2D eigenvalue weighted by molar-refractivity contribution is 5.59. The summed E-state index contributed by atoms with van der Waals surface area (Å²) in [6, 6.07) is 8.56. The lowest BCUT2D eigenvalue weighted by Crippen LogP contribution is -2.04. The fourth-order valence-electron chi connectivity index (χ4n) is 1.66. The normalized spacial score (nSPS) is 11.9. The highest BCUT2D eigenvalue weighted by Gasteiger charge is 2.30. The molecule has 2 aromatic rings. The highest BCUT2D eigenvalue weighted by atomic mass is 19.4. The summed E-state index contributed by atoms with van der Waals surface area (Å²) in [7, 11) is 0. The van der Waals surface area contributed by atoms with Gasteiger partial charge in [0.05, 0.1) is 17.0 Å². The van der Waals surface area contributed by atoms with E-state index in [1.807, 2.05) is 13.8 Å². The lowest BCUT2D eigenvalue weighted by molar-refractivity contribution is -0.137. The van der Waals surface area contributed by atoms with Gasteiger partial charge in [-0.1, -0.05) is 26.0 Å². The zero-order valence-electron chi connectivity index (χ0n) is 10.6. The number of halogens is 3. The molecule has 5 heteroatoms. The van der Waals surface area contributed by atoms with Gasteiger partial charge in [-0.15, -0.1) is 0 Å². The lowest BCUT2D eigenvalue weighted by Gasteiger charge is -2.09. The second-order valence-corrected chi connectivity index (χ2v) is 4.58. The summed E-state index contributed by atoms with van der Waals surface area (Å²) in [5.41, 5.74) is 0.989. The Morgan fingerprint density at radius 3 is 2.26 bits per heavy atom. The molecule has 0 aliphatic rings. The molecule has 19 heavy (non-hydrogen) atoms. The Morgan fingerprint density at radius 2 is 1.74 bits per heavy atom. The van der Waals surface area contributed by atoms with Crippen molar-refractivity contribution >= 4 is 0 Å². The minimum atomic E-state index is -4.35. The molecule has 0 radical (unpaired) electrons. The maximum Gasteiger partial charge on any atom is 0.416 e. The molecule has 0 amide bonds. The van der Waals surface area contributed by atoms with Crippen molar-refractivity contribution < 1.29 is 13.2 Å². The summed E-state index contributed by atoms with van der Waals surface area (Å²) >= 11 is 0. The first-order valence-corrected chi connectivity index (χ1v) is 5.89. The summed E-state index contributed by atoms with van der Waals surface area (Å²) in [6.07, 6.45) is -4.35. The van der Waals surface area contributed by atoms with Crippen LogP contribution in [0.15, 0.2) is 36.4 Å². The van der Waals surface area contributed by atoms with E-state index in [1.165, 1.54) is 6.07 Å². The molecule has 1 aromatic carbocycles. The van der Waals surface area contributed by atoms with Crippen LogP contribution in [0.4, 0.5) is 13.2 Å². The van der Waals surface area contributed by atoms with Gasteiger partial charge in [-0.05, 0) is 30.2 Å². The van der Waals surface area contributed by atoms with E-state index in [-0.39, 0.29) is 5.92 Å². The summed E-state index contributed by atoms with van der Waals surface area (Å²) in [5, 5.41) is 7.99. The SMILES string of the molecule is CC(C)c1ccc(-c2cccc(C(F)(F)F)c2)nn1. The quantitative estimate of drug-likeness (QED) is 0.810. The molecule has 2 nitrogen and oxygen atoms in total. The van der Waals surface area contributed by atoms with E-state index in [1.54, 1.807) is 18.2 Å². The molecule has 0 fully saturated rings. The second-order valence-electron chi connectivity index (χ2n) is 4.58. The smallest absolute Gasteiger partial charge is 0.166 e. The minimum Gasteiger partial charge on any atom is -0.166 e. The van der Waals surface area contributed by atoms with Gasteiger partial charge in [0.25, 0.3) is 0 Å². The van der Waals surface area contributed by atoms with Crippen LogP contribution in [-0.4, -0.2) is 10.2 Å². The molecule has 0 spiro atoms. The maximum atomic E-state index is 12.6. The fraction of sp³-hybridized carbons (Fsp3) is 0.286. The van der Waals surface area contributed by atoms with Crippen LogP contribution in [0.1, 0.15) is 31.0 Å². The van der Waals surface area contributed by atoms with Crippen LogP contribution in [0.3, 0.4) is 0 Å². The molecule has 0 N–H and O–H groups in total. The van der Waals surface area contributed by atoms with E-state index in [0.29, 0.717) is 11.3 Å². The van der Waals surface area contributed by atoms with Crippen molar-refractivity contribution in [2.75, 3.05) is 0 Å². The number of aromatic nitrogens is 2. The van der Waals surface area contributed by atoms with E-state index in [0.717, 1.165) is 17.8 Å². The first kappa shape index (κ1) is 13.5. The van der Waals surface area contributed by atoms with Gasteiger partial charge >= 0.3 is 6.18 Å². The van der Waals surface area contributed by atoms with Crippen molar-refractivity contribution in [2.24, 2.45) is 0 Å². The molecule has 0 aliphatic heterocycles. The zero-order chi connectivity index (χ0) is 14.0. The van der Waals surface area contributed by atoms with Gasteiger partial charge in [-0.2, -0.15) is 23.4 Å². The van der Waals surface area contributed by atoms with Crippen LogP contribution >= 0.6 is 0 Å². The van der Waals surface area contributed by atoms with Crippen LogP contribution in [0, 0.1) is 0 Å². The van der Waals surface area contributed by atoms with Gasteiger partial charge in [0.2, 0.25) is 0 Å². The number of rotatable bonds is 2. The molecule has 0 unspecified atom stereocenters. The average molecular weight is 266 g/mol. The van der Waals surface area contributed by atoms with Crippen molar-refractivity contribution in [3.8, 4) is 11.3 Å². The molecule has 1 aromatic heterocycles. The molecule has 0 aliphatic carbocycles. The minimum absolute atomic E-state index is 0.239. The van der Waals surface area contributed by atoms with Crippen molar-refractivity contribution in [3.05, 3.63) is 47.7 Å². The van der Waals surface area contributed by atoms with E-state index < -0.39 is 11.7 Å². The Kier molecular flexibility index (Phi) is 3.55. The van der Waals surface area contributed by atoms with Crippen LogP contribution < -0.4 is 0 Å². The third-order valence-electron chi connectivity index (χ3n) is 2.76. The van der Waals surface area contributed by atoms with E-state index in [2.05, 4.69) is 10.2 Å². The summed E-state index contributed by atoms with van der Waals surface area (Å²) in [5.74, 6) is 0.239. The molecule has 1 heterocycles. The summed E-state index contributed by atoms with van der Waals surface area (Å²) in [4.78, 5) is 0. The first-order chi connectivity index (χ1) is 8.88. The van der Waals surface area contributed by atoms with Crippen molar-refractivity contribution in [1.29, 1.82) is 0 Å². The number of alkyl halides is 3. The highest BCUT2D eigenvalue weighted by Crippen LogP contribution is 2.31. The summed E-state index contributed by atoms with van der Waals surface area (Å²) in [6.45, 7) is 3.96. The molecule has 0 bridgehead atoms. The van der Waals surface area contributed by atoms with Crippen LogP contribution in [0.2, 0.25) is 0 Å². The molecule has 0 saturated heterocycles. The third-order valence-corrected chi connectivity index (χ3v) is 2.76. The largest absolute Gasteiger partial charge is 0.416 e. The second kappa shape index (κ2) is 4.99. The molecule has 2 rings (SSSR count). The maximum absolute atomic E-state index is 12.6. The lowest BCUT2D eigenvalue weighted by atomic mass is 10.1. The number of hydrogen-bond acceptors (Lipinski definition) is 2. The summed E-state index contributed by atoms with van der Waals surface area (Å²) < 4.78 is 37.9. The zero-order valence-corrected chi connectivity index (χ0v) is 10.6. The first-order valence-electron chi connectivity index (χ1n) is 5.89. The average Bonchev–Trinajstić information content (AvgIpc) is 2.38. The third kappa shape index (κ3) is 3.10. The Bertz CT molecular complexity index is 560. The Balaban J connectivity index is 2.37. The van der Waals surface area contributed by atoms with Crippen molar-refractivity contribution in [2.45, 2.75) is 25.9 Å². The van der Waals surface area contributed by atoms with Crippen molar-refractivity contribution in [1.82, 2.24) is 10.2 Å². The Labute approximate surface area is 109 Å². The van der Waals surface area contributed by atoms with Crippen LogP contribution in [-0.2, 0) is 6.18 Å². The Morgan fingerprint density at radius 1 is 1.00 bits per heavy atom.